The molecule has 0 bridgehead atoms. The lowest BCUT2D eigenvalue weighted by molar-refractivity contribution is -0.138. The molecule has 1 saturated heterocycles. The second-order valence-electron chi connectivity index (χ2n) is 9.94. The van der Waals surface area contributed by atoms with E-state index in [1.54, 1.807) is 54.7 Å². The Hall–Kier alpha value is -3.88. The molecule has 9 heteroatoms. The zero-order valence-corrected chi connectivity index (χ0v) is 21.1. The number of alkyl halides is 1. The van der Waals surface area contributed by atoms with Gasteiger partial charge >= 0.3 is 0 Å². The molecule has 1 saturated carbocycles. The largest absolute Gasteiger partial charge is 0.342 e. The summed E-state index contributed by atoms with van der Waals surface area (Å²) in [4.78, 5) is 44.6. The first-order valence-electron chi connectivity index (χ1n) is 13.0. The summed E-state index contributed by atoms with van der Waals surface area (Å²) in [5.41, 5.74) is 1.58. The molecule has 5 rings (SSSR count). The number of likely N-dealkylation sites (tertiary alicyclic amines) is 1. The average molecular weight is 521 g/mol. The number of pyridine rings is 2. The molecule has 3 atom stereocenters. The minimum absolute atomic E-state index is 0.157. The van der Waals surface area contributed by atoms with Crippen molar-refractivity contribution in [2.45, 2.75) is 63.3 Å². The summed E-state index contributed by atoms with van der Waals surface area (Å²) in [5, 5.41) is 2.89. The number of hydrogen-bond donors (Lipinski definition) is 1. The molecule has 7 nitrogen and oxygen atoms in total. The third-order valence-electron chi connectivity index (χ3n) is 7.29. The lowest BCUT2D eigenvalue weighted by Crippen LogP contribution is -2.48. The van der Waals surface area contributed by atoms with E-state index in [1.165, 1.54) is 9.47 Å². The summed E-state index contributed by atoms with van der Waals surface area (Å²) in [5.74, 6) is -1.42. The van der Waals surface area contributed by atoms with Gasteiger partial charge in [-0.1, -0.05) is 42.5 Å². The van der Waals surface area contributed by atoms with Crippen molar-refractivity contribution in [2.75, 3.05) is 6.54 Å². The first-order valence-corrected chi connectivity index (χ1v) is 13.0. The SMILES string of the molecule is CCn1cccc(CC(=O)N2C[C@H](F)C[C@H]2C(=O)N[C@@H](c2ccccc2)c2ccc(C3CC3)c(F)n2)c1=O. The molecule has 2 aliphatic rings. The maximum Gasteiger partial charge on any atom is 0.254 e. The fourth-order valence-electron chi connectivity index (χ4n) is 5.07. The fourth-order valence-corrected chi connectivity index (χ4v) is 5.07. The highest BCUT2D eigenvalue weighted by molar-refractivity contribution is 5.89. The lowest BCUT2D eigenvalue weighted by atomic mass is 10.0. The van der Waals surface area contributed by atoms with Crippen molar-refractivity contribution in [3.05, 3.63) is 99.5 Å². The minimum Gasteiger partial charge on any atom is -0.342 e. The van der Waals surface area contributed by atoms with E-state index >= 15 is 0 Å². The van der Waals surface area contributed by atoms with Crippen LogP contribution in [0.1, 0.15) is 60.5 Å². The van der Waals surface area contributed by atoms with Gasteiger partial charge in [-0.3, -0.25) is 14.4 Å². The van der Waals surface area contributed by atoms with E-state index < -0.39 is 36.0 Å². The summed E-state index contributed by atoms with van der Waals surface area (Å²) >= 11 is 0. The van der Waals surface area contributed by atoms with Gasteiger partial charge in [-0.2, -0.15) is 4.39 Å². The van der Waals surface area contributed by atoms with Crippen molar-refractivity contribution in [3.63, 3.8) is 0 Å². The van der Waals surface area contributed by atoms with Crippen LogP contribution in [0.5, 0.6) is 0 Å². The number of amides is 2. The average Bonchev–Trinajstić information content (AvgIpc) is 3.68. The quantitative estimate of drug-likeness (QED) is 0.460. The Morgan fingerprint density at radius 1 is 1.11 bits per heavy atom. The van der Waals surface area contributed by atoms with Crippen molar-refractivity contribution < 1.29 is 18.4 Å². The van der Waals surface area contributed by atoms with Gasteiger partial charge in [0.05, 0.1) is 24.7 Å². The van der Waals surface area contributed by atoms with Gasteiger partial charge < -0.3 is 14.8 Å². The maximum atomic E-state index is 14.8. The number of nitrogens with one attached hydrogen (secondary N) is 1. The van der Waals surface area contributed by atoms with Crippen LogP contribution < -0.4 is 10.9 Å². The van der Waals surface area contributed by atoms with Crippen molar-refractivity contribution in [1.82, 2.24) is 19.8 Å². The number of carbonyl (C=O) groups excluding carboxylic acids is 2. The van der Waals surface area contributed by atoms with Crippen LogP contribution in [0.3, 0.4) is 0 Å². The molecule has 0 unspecified atom stereocenters. The number of rotatable bonds is 8. The van der Waals surface area contributed by atoms with Crippen molar-refractivity contribution in [3.8, 4) is 0 Å². The Morgan fingerprint density at radius 3 is 2.55 bits per heavy atom. The van der Waals surface area contributed by atoms with Crippen LogP contribution in [0.4, 0.5) is 8.78 Å². The van der Waals surface area contributed by atoms with Gasteiger partial charge in [-0.15, -0.1) is 0 Å². The normalized spacial score (nSPS) is 19.8. The Labute approximate surface area is 219 Å². The molecule has 2 fully saturated rings. The molecule has 1 aliphatic heterocycles. The van der Waals surface area contributed by atoms with Crippen LogP contribution >= 0.6 is 0 Å². The highest BCUT2D eigenvalue weighted by Crippen LogP contribution is 2.41. The molecule has 3 heterocycles. The Morgan fingerprint density at radius 2 is 1.87 bits per heavy atom. The summed E-state index contributed by atoms with van der Waals surface area (Å²) in [7, 11) is 0. The molecule has 1 aromatic carbocycles. The summed E-state index contributed by atoms with van der Waals surface area (Å²) in [6, 6.07) is 13.8. The molecule has 38 heavy (non-hydrogen) atoms. The summed E-state index contributed by atoms with van der Waals surface area (Å²) < 4.78 is 30.8. The second kappa shape index (κ2) is 10.8. The maximum absolute atomic E-state index is 14.8. The molecule has 3 aromatic rings. The zero-order valence-electron chi connectivity index (χ0n) is 21.1. The van der Waals surface area contributed by atoms with Gasteiger partial charge in [-0.25, -0.2) is 9.37 Å². The van der Waals surface area contributed by atoms with Crippen LogP contribution in [-0.4, -0.2) is 45.0 Å². The van der Waals surface area contributed by atoms with Crippen LogP contribution in [0, 0.1) is 5.95 Å². The van der Waals surface area contributed by atoms with Crippen molar-refractivity contribution in [2.24, 2.45) is 0 Å². The Bertz CT molecular complexity index is 1390. The second-order valence-corrected chi connectivity index (χ2v) is 9.94. The van der Waals surface area contributed by atoms with Crippen LogP contribution in [0.2, 0.25) is 0 Å². The topological polar surface area (TPSA) is 84.3 Å². The molecule has 0 radical (unpaired) electrons. The fraction of sp³-hybridized carbons (Fsp3) is 0.379. The third kappa shape index (κ3) is 5.37. The van der Waals surface area contributed by atoms with E-state index in [0.717, 1.165) is 12.8 Å². The van der Waals surface area contributed by atoms with Gasteiger partial charge in [0.1, 0.15) is 12.2 Å². The molecule has 0 spiro atoms. The van der Waals surface area contributed by atoms with Crippen LogP contribution in [0.25, 0.3) is 0 Å². The highest BCUT2D eigenvalue weighted by atomic mass is 19.1. The molecule has 1 N–H and O–H groups in total. The predicted molar refractivity (Wildman–Crippen MR) is 138 cm³/mol. The minimum atomic E-state index is -1.37. The van der Waals surface area contributed by atoms with Crippen LogP contribution in [-0.2, 0) is 22.6 Å². The molecule has 1 aliphatic carbocycles. The van der Waals surface area contributed by atoms with E-state index in [4.69, 9.17) is 0 Å². The van der Waals surface area contributed by atoms with E-state index in [2.05, 4.69) is 10.3 Å². The molecule has 2 aromatic heterocycles. The van der Waals surface area contributed by atoms with Crippen molar-refractivity contribution >= 4 is 11.8 Å². The highest BCUT2D eigenvalue weighted by Gasteiger charge is 2.41. The number of hydrogen-bond acceptors (Lipinski definition) is 4. The first-order chi connectivity index (χ1) is 18.4. The molecular weight excluding hydrogens is 490 g/mol. The van der Waals surface area contributed by atoms with Gasteiger partial charge in [0, 0.05) is 30.3 Å². The monoisotopic (exact) mass is 520 g/mol. The van der Waals surface area contributed by atoms with Crippen LogP contribution in [0.15, 0.2) is 65.6 Å². The lowest BCUT2D eigenvalue weighted by Gasteiger charge is -2.26. The van der Waals surface area contributed by atoms with Gasteiger partial charge in [0.2, 0.25) is 17.8 Å². The summed E-state index contributed by atoms with van der Waals surface area (Å²) in [6.45, 7) is 2.05. The first kappa shape index (κ1) is 25.8. The Kier molecular flexibility index (Phi) is 7.35. The zero-order chi connectivity index (χ0) is 26.8. The van der Waals surface area contributed by atoms with E-state index in [9.17, 15) is 23.2 Å². The molecule has 2 amide bonds. The van der Waals surface area contributed by atoms with E-state index in [1.807, 2.05) is 13.0 Å². The van der Waals surface area contributed by atoms with E-state index in [0.29, 0.717) is 28.9 Å². The molecule has 198 valence electrons. The van der Waals surface area contributed by atoms with Gasteiger partial charge in [0.25, 0.3) is 5.56 Å². The third-order valence-corrected chi connectivity index (χ3v) is 7.29. The Balaban J connectivity index is 1.38. The molecular formula is C29H30F2N4O3. The standard InChI is InChI=1S/C29H30F2N4O3/c1-2-34-14-6-9-20(29(34)38)15-25(36)35-17-21(30)16-24(35)28(37)33-26(19-7-4-3-5-8-19)23-13-12-22(18-10-11-18)27(31)32-23/h3-9,12-14,18,21,24,26H,2,10-11,15-17H2,1H3,(H,33,37)/t21-,24+,26+/m1/s1. The number of aromatic nitrogens is 2. The van der Waals surface area contributed by atoms with Crippen molar-refractivity contribution in [1.29, 1.82) is 0 Å². The smallest absolute Gasteiger partial charge is 0.254 e. The number of carbonyl (C=O) groups is 2. The predicted octanol–water partition coefficient (Wildman–Crippen LogP) is 3.67. The van der Waals surface area contributed by atoms with E-state index in [-0.39, 0.29) is 30.9 Å². The summed E-state index contributed by atoms with van der Waals surface area (Å²) in [6.07, 6.45) is 1.74. The number of nitrogens with zero attached hydrogens (tertiary/aromatic N) is 3. The number of benzene rings is 1. The number of halogens is 2. The number of aryl methyl sites for hydroxylation is 1. The van der Waals surface area contributed by atoms with Gasteiger partial charge in [0.15, 0.2) is 0 Å². The van der Waals surface area contributed by atoms with Gasteiger partial charge in [-0.05, 0) is 43.4 Å².